The van der Waals surface area contributed by atoms with Crippen LogP contribution < -0.4 is 11.5 Å². The van der Waals surface area contributed by atoms with Gasteiger partial charge in [0, 0.05) is 22.2 Å². The van der Waals surface area contributed by atoms with E-state index in [1.165, 1.54) is 28.9 Å². The van der Waals surface area contributed by atoms with Gasteiger partial charge < -0.3 is 11.5 Å². The summed E-state index contributed by atoms with van der Waals surface area (Å²) in [7, 11) is 0. The number of fused-ring (bicyclic) bond motifs is 1. The third-order valence-corrected chi connectivity index (χ3v) is 5.58. The van der Waals surface area contributed by atoms with Crippen molar-refractivity contribution in [2.24, 2.45) is 11.5 Å². The summed E-state index contributed by atoms with van der Waals surface area (Å²) < 4.78 is 29.9. The Balaban J connectivity index is 2.02. The number of rotatable bonds is 5. The van der Waals surface area contributed by atoms with Gasteiger partial charge >= 0.3 is 0 Å². The first kappa shape index (κ1) is 22.5. The zero-order valence-electron chi connectivity index (χ0n) is 18.2. The number of hydrogen-bond acceptors (Lipinski definition) is 5. The number of aryl methyl sites for hydroxylation is 1. The number of aromatic nitrogens is 3. The van der Waals surface area contributed by atoms with E-state index in [9.17, 15) is 23.6 Å². The van der Waals surface area contributed by atoms with Crippen LogP contribution in [0.2, 0.25) is 0 Å². The van der Waals surface area contributed by atoms with E-state index in [1.54, 1.807) is 13.8 Å². The number of amides is 2. The molecule has 8 nitrogen and oxygen atoms in total. The number of carbonyl (C=O) groups is 2. The lowest BCUT2D eigenvalue weighted by Gasteiger charge is -2.15. The van der Waals surface area contributed by atoms with E-state index < -0.39 is 23.4 Å². The predicted molar refractivity (Wildman–Crippen MR) is 120 cm³/mol. The minimum absolute atomic E-state index is 0.0153. The largest absolute Gasteiger partial charge is 0.366 e. The quantitative estimate of drug-likeness (QED) is 0.471. The number of nitrogens with zero attached hydrogens (tertiary/aromatic N) is 4. The number of pyridine rings is 1. The molecule has 0 spiro atoms. The molecule has 2 aromatic heterocycles. The summed E-state index contributed by atoms with van der Waals surface area (Å²) >= 11 is 0. The van der Waals surface area contributed by atoms with Gasteiger partial charge in [0.1, 0.15) is 17.3 Å². The standard InChI is InChI=1S/C24H18F2N6O2/c1-11-18(12(2)32(31-11)10-13-6-7-15(25)8-14(13)9-27)20-21(23(28)33)19-16(26)4-3-5-17(19)30-22(20)24(29)34/h3-8H,10H2,1-2H3,(H2,28,33)(H2,29,34). The molecule has 170 valence electrons. The van der Waals surface area contributed by atoms with Crippen LogP contribution in [0.1, 0.15) is 43.4 Å². The van der Waals surface area contributed by atoms with Crippen molar-refractivity contribution in [3.05, 3.63) is 81.8 Å². The number of nitriles is 1. The van der Waals surface area contributed by atoms with Crippen molar-refractivity contribution >= 4 is 22.7 Å². The molecule has 0 fully saturated rings. The van der Waals surface area contributed by atoms with Gasteiger partial charge in [0.15, 0.2) is 0 Å². The second kappa shape index (κ2) is 8.37. The van der Waals surface area contributed by atoms with E-state index in [1.807, 2.05) is 6.07 Å². The van der Waals surface area contributed by atoms with Crippen molar-refractivity contribution in [1.29, 1.82) is 5.26 Å². The van der Waals surface area contributed by atoms with E-state index in [2.05, 4.69) is 10.1 Å². The highest BCUT2D eigenvalue weighted by Gasteiger charge is 2.29. The van der Waals surface area contributed by atoms with Gasteiger partial charge in [-0.15, -0.1) is 0 Å². The van der Waals surface area contributed by atoms with E-state index in [0.29, 0.717) is 22.5 Å². The van der Waals surface area contributed by atoms with Crippen LogP contribution in [-0.4, -0.2) is 26.6 Å². The van der Waals surface area contributed by atoms with Gasteiger partial charge in [0.25, 0.3) is 5.91 Å². The van der Waals surface area contributed by atoms with Gasteiger partial charge in [0.05, 0.1) is 35.0 Å². The molecular weight excluding hydrogens is 442 g/mol. The summed E-state index contributed by atoms with van der Waals surface area (Å²) in [5.74, 6) is -3.17. The zero-order chi connectivity index (χ0) is 24.7. The lowest BCUT2D eigenvalue weighted by atomic mass is 9.92. The maximum Gasteiger partial charge on any atom is 0.267 e. The fourth-order valence-electron chi connectivity index (χ4n) is 4.11. The Labute approximate surface area is 192 Å². The van der Waals surface area contributed by atoms with Crippen LogP contribution in [0.15, 0.2) is 36.4 Å². The average Bonchev–Trinajstić information content (AvgIpc) is 3.06. The van der Waals surface area contributed by atoms with Crippen LogP contribution in [0.5, 0.6) is 0 Å². The van der Waals surface area contributed by atoms with Crippen LogP contribution in [0, 0.1) is 36.8 Å². The Kier molecular flexibility index (Phi) is 5.55. The highest BCUT2D eigenvalue weighted by atomic mass is 19.1. The first-order valence-electron chi connectivity index (χ1n) is 10.1. The second-order valence-corrected chi connectivity index (χ2v) is 7.69. The molecule has 0 aliphatic heterocycles. The number of benzene rings is 2. The summed E-state index contributed by atoms with van der Waals surface area (Å²) in [6, 6.07) is 9.77. The summed E-state index contributed by atoms with van der Waals surface area (Å²) in [5, 5.41) is 13.7. The maximum absolute atomic E-state index is 14.8. The first-order valence-corrected chi connectivity index (χ1v) is 10.1. The third-order valence-electron chi connectivity index (χ3n) is 5.58. The molecule has 4 N–H and O–H groups in total. The fourth-order valence-corrected chi connectivity index (χ4v) is 4.11. The molecule has 0 atom stereocenters. The van der Waals surface area contributed by atoms with Crippen LogP contribution >= 0.6 is 0 Å². The molecule has 0 saturated carbocycles. The lowest BCUT2D eigenvalue weighted by molar-refractivity contribution is 0.0996. The maximum atomic E-state index is 14.8. The molecule has 10 heteroatoms. The lowest BCUT2D eigenvalue weighted by Crippen LogP contribution is -2.21. The van der Waals surface area contributed by atoms with Crippen LogP contribution in [0.4, 0.5) is 8.78 Å². The molecule has 0 saturated heterocycles. The molecule has 2 heterocycles. The topological polar surface area (TPSA) is 141 Å². The Morgan fingerprint density at radius 2 is 1.82 bits per heavy atom. The molecule has 0 aliphatic carbocycles. The van der Waals surface area contributed by atoms with E-state index in [0.717, 1.165) is 12.1 Å². The van der Waals surface area contributed by atoms with Crippen LogP contribution in [0.25, 0.3) is 22.0 Å². The van der Waals surface area contributed by atoms with E-state index in [4.69, 9.17) is 11.5 Å². The number of hydrogen-bond donors (Lipinski definition) is 2. The molecular formula is C24H18F2N6O2. The first-order chi connectivity index (χ1) is 16.1. The Hall–Kier alpha value is -4.65. The third kappa shape index (κ3) is 3.63. The molecule has 2 aromatic carbocycles. The van der Waals surface area contributed by atoms with Crippen LogP contribution in [-0.2, 0) is 6.54 Å². The highest BCUT2D eigenvalue weighted by Crippen LogP contribution is 2.37. The molecule has 2 amide bonds. The summed E-state index contributed by atoms with van der Waals surface area (Å²) in [4.78, 5) is 29.1. The molecule has 0 aliphatic rings. The number of halogens is 2. The van der Waals surface area contributed by atoms with E-state index >= 15 is 0 Å². The van der Waals surface area contributed by atoms with Crippen molar-refractivity contribution in [2.75, 3.05) is 0 Å². The van der Waals surface area contributed by atoms with Crippen molar-refractivity contribution in [3.63, 3.8) is 0 Å². The van der Waals surface area contributed by atoms with Crippen LogP contribution in [0.3, 0.4) is 0 Å². The van der Waals surface area contributed by atoms with Gasteiger partial charge in [-0.2, -0.15) is 10.4 Å². The molecule has 4 rings (SSSR count). The number of primary amides is 2. The molecule has 4 aromatic rings. The van der Waals surface area contributed by atoms with Crippen molar-refractivity contribution < 1.29 is 18.4 Å². The van der Waals surface area contributed by atoms with Crippen molar-refractivity contribution in [1.82, 2.24) is 14.8 Å². The van der Waals surface area contributed by atoms with Gasteiger partial charge in [-0.05, 0) is 43.7 Å². The highest BCUT2D eigenvalue weighted by molar-refractivity contribution is 6.15. The van der Waals surface area contributed by atoms with Gasteiger partial charge in [-0.25, -0.2) is 13.8 Å². The monoisotopic (exact) mass is 460 g/mol. The normalized spacial score (nSPS) is 10.9. The Morgan fingerprint density at radius 1 is 1.09 bits per heavy atom. The summed E-state index contributed by atoms with van der Waals surface area (Å²) in [6.07, 6.45) is 0. The summed E-state index contributed by atoms with van der Waals surface area (Å²) in [5.41, 5.74) is 12.6. The average molecular weight is 460 g/mol. The van der Waals surface area contributed by atoms with E-state index in [-0.39, 0.29) is 39.8 Å². The second-order valence-electron chi connectivity index (χ2n) is 7.69. The SMILES string of the molecule is Cc1nn(Cc2ccc(F)cc2C#N)c(C)c1-c1c(C(N)=O)nc2cccc(F)c2c1C(N)=O. The smallest absolute Gasteiger partial charge is 0.267 e. The molecule has 0 unspecified atom stereocenters. The van der Waals surface area contributed by atoms with Crippen molar-refractivity contribution in [2.45, 2.75) is 20.4 Å². The Morgan fingerprint density at radius 3 is 2.47 bits per heavy atom. The van der Waals surface area contributed by atoms with Gasteiger partial charge in [-0.3, -0.25) is 14.3 Å². The summed E-state index contributed by atoms with van der Waals surface area (Å²) in [6.45, 7) is 3.41. The minimum atomic E-state index is -0.966. The van der Waals surface area contributed by atoms with Gasteiger partial charge in [-0.1, -0.05) is 12.1 Å². The Bertz CT molecular complexity index is 1550. The fraction of sp³-hybridized carbons (Fsp3) is 0.125. The molecule has 34 heavy (non-hydrogen) atoms. The number of nitrogens with two attached hydrogens (primary N) is 2. The van der Waals surface area contributed by atoms with Gasteiger partial charge in [0.2, 0.25) is 5.91 Å². The van der Waals surface area contributed by atoms with Crippen molar-refractivity contribution in [3.8, 4) is 17.2 Å². The minimum Gasteiger partial charge on any atom is -0.366 e. The number of carbonyl (C=O) groups excluding carboxylic acids is 2. The predicted octanol–water partition coefficient (Wildman–Crippen LogP) is 3.11. The molecule has 0 bridgehead atoms. The zero-order valence-corrected chi connectivity index (χ0v) is 18.2. The molecule has 0 radical (unpaired) electrons.